The zero-order valence-electron chi connectivity index (χ0n) is 12.1. The van der Waals surface area contributed by atoms with Crippen LogP contribution in [0.3, 0.4) is 0 Å². The molecule has 0 N–H and O–H groups in total. The van der Waals surface area contributed by atoms with Crippen LogP contribution >= 0.6 is 11.6 Å². The molecule has 3 rings (SSSR count). The van der Waals surface area contributed by atoms with Crippen molar-refractivity contribution in [3.05, 3.63) is 41.1 Å². The van der Waals surface area contributed by atoms with E-state index in [0.717, 1.165) is 11.5 Å². The van der Waals surface area contributed by atoms with E-state index in [-0.39, 0.29) is 5.41 Å². The number of hydrogen-bond acceptors (Lipinski definition) is 5. The summed E-state index contributed by atoms with van der Waals surface area (Å²) < 4.78 is 1.69. The molecule has 0 bridgehead atoms. The van der Waals surface area contributed by atoms with Gasteiger partial charge in [-0.25, -0.2) is 14.6 Å². The fraction of sp³-hybridized carbons (Fsp3) is 0.357. The van der Waals surface area contributed by atoms with Gasteiger partial charge in [0.05, 0.1) is 23.5 Å². The second-order valence-corrected chi connectivity index (χ2v) is 6.24. The molecule has 0 aliphatic rings. The second kappa shape index (κ2) is 5.04. The van der Waals surface area contributed by atoms with Gasteiger partial charge in [0.2, 0.25) is 0 Å². The SMILES string of the molecule is CC(C)(C)c1ncc2nnn(Cc3ncccc3Cl)c2n1. The number of rotatable bonds is 2. The first-order valence-electron chi connectivity index (χ1n) is 6.61. The van der Waals surface area contributed by atoms with Crippen molar-refractivity contribution >= 4 is 22.8 Å². The fourth-order valence-corrected chi connectivity index (χ4v) is 2.10. The summed E-state index contributed by atoms with van der Waals surface area (Å²) in [5.74, 6) is 0.755. The first-order chi connectivity index (χ1) is 9.95. The third-order valence-corrected chi connectivity index (χ3v) is 3.40. The topological polar surface area (TPSA) is 69.4 Å². The van der Waals surface area contributed by atoms with Gasteiger partial charge < -0.3 is 0 Å². The van der Waals surface area contributed by atoms with Crippen LogP contribution < -0.4 is 0 Å². The van der Waals surface area contributed by atoms with Gasteiger partial charge in [0.1, 0.15) is 5.82 Å². The number of hydrogen-bond donors (Lipinski definition) is 0. The molecule has 0 aliphatic heterocycles. The molecule has 3 heterocycles. The van der Waals surface area contributed by atoms with Crippen LogP contribution in [0.2, 0.25) is 5.02 Å². The van der Waals surface area contributed by atoms with Crippen LogP contribution in [0.15, 0.2) is 24.5 Å². The highest BCUT2D eigenvalue weighted by molar-refractivity contribution is 6.31. The van der Waals surface area contributed by atoms with Crippen molar-refractivity contribution in [2.45, 2.75) is 32.7 Å². The number of halogens is 1. The van der Waals surface area contributed by atoms with Crippen molar-refractivity contribution in [1.29, 1.82) is 0 Å². The molecular weight excluding hydrogens is 288 g/mol. The number of aromatic nitrogens is 6. The van der Waals surface area contributed by atoms with Crippen LogP contribution in [0.5, 0.6) is 0 Å². The van der Waals surface area contributed by atoms with Crippen molar-refractivity contribution < 1.29 is 0 Å². The van der Waals surface area contributed by atoms with Gasteiger partial charge in [-0.05, 0) is 12.1 Å². The molecule has 0 radical (unpaired) electrons. The highest BCUT2D eigenvalue weighted by atomic mass is 35.5. The van der Waals surface area contributed by atoms with Crippen LogP contribution in [0.25, 0.3) is 11.2 Å². The van der Waals surface area contributed by atoms with E-state index >= 15 is 0 Å². The minimum absolute atomic E-state index is 0.133. The van der Waals surface area contributed by atoms with E-state index in [1.54, 1.807) is 29.2 Å². The Kier molecular flexibility index (Phi) is 3.33. The van der Waals surface area contributed by atoms with E-state index in [9.17, 15) is 0 Å². The predicted octanol–water partition coefficient (Wildman–Crippen LogP) is 2.62. The lowest BCUT2D eigenvalue weighted by atomic mass is 9.96. The lowest BCUT2D eigenvalue weighted by Gasteiger charge is -2.15. The Morgan fingerprint density at radius 1 is 1.24 bits per heavy atom. The monoisotopic (exact) mass is 302 g/mol. The van der Waals surface area contributed by atoms with E-state index in [0.29, 0.717) is 22.7 Å². The third-order valence-electron chi connectivity index (χ3n) is 3.06. The normalized spacial score (nSPS) is 12.0. The summed E-state index contributed by atoms with van der Waals surface area (Å²) >= 11 is 6.14. The molecule has 0 atom stereocenters. The molecule has 0 saturated carbocycles. The predicted molar refractivity (Wildman–Crippen MR) is 80.2 cm³/mol. The Labute approximate surface area is 127 Å². The van der Waals surface area contributed by atoms with E-state index in [1.165, 1.54) is 0 Å². The maximum Gasteiger partial charge on any atom is 0.182 e. The number of nitrogens with zero attached hydrogens (tertiary/aromatic N) is 6. The van der Waals surface area contributed by atoms with Crippen LogP contribution in [-0.2, 0) is 12.0 Å². The summed E-state index contributed by atoms with van der Waals surface area (Å²) in [4.78, 5) is 13.2. The van der Waals surface area contributed by atoms with Crippen LogP contribution in [-0.4, -0.2) is 29.9 Å². The smallest absolute Gasteiger partial charge is 0.182 e. The van der Waals surface area contributed by atoms with Gasteiger partial charge >= 0.3 is 0 Å². The number of pyridine rings is 1. The summed E-state index contributed by atoms with van der Waals surface area (Å²) in [7, 11) is 0. The van der Waals surface area contributed by atoms with Gasteiger partial charge in [-0.1, -0.05) is 37.6 Å². The van der Waals surface area contributed by atoms with E-state index in [1.807, 2.05) is 0 Å². The summed E-state index contributed by atoms with van der Waals surface area (Å²) in [5, 5.41) is 8.81. The maximum absolute atomic E-state index is 6.14. The molecule has 0 saturated heterocycles. The molecule has 6 nitrogen and oxygen atoms in total. The van der Waals surface area contributed by atoms with Crippen molar-refractivity contribution in [2.75, 3.05) is 0 Å². The van der Waals surface area contributed by atoms with Gasteiger partial charge in [-0.15, -0.1) is 5.10 Å². The van der Waals surface area contributed by atoms with Crippen molar-refractivity contribution in [3.63, 3.8) is 0 Å². The summed E-state index contributed by atoms with van der Waals surface area (Å²) in [6.07, 6.45) is 3.41. The molecule has 0 aromatic carbocycles. The summed E-state index contributed by atoms with van der Waals surface area (Å²) in [5.41, 5.74) is 1.96. The van der Waals surface area contributed by atoms with E-state index in [4.69, 9.17) is 11.6 Å². The quantitative estimate of drug-likeness (QED) is 0.728. The van der Waals surface area contributed by atoms with Gasteiger partial charge in [0, 0.05) is 11.6 Å². The lowest BCUT2D eigenvalue weighted by molar-refractivity contribution is 0.545. The second-order valence-electron chi connectivity index (χ2n) is 5.83. The molecule has 0 spiro atoms. The molecule has 0 amide bonds. The van der Waals surface area contributed by atoms with Gasteiger partial charge in [-0.3, -0.25) is 4.98 Å². The Morgan fingerprint density at radius 3 is 2.76 bits per heavy atom. The Bertz CT molecular complexity index is 790. The molecule has 0 unspecified atom stereocenters. The first kappa shape index (κ1) is 13.9. The van der Waals surface area contributed by atoms with Crippen molar-refractivity contribution in [1.82, 2.24) is 29.9 Å². The molecule has 21 heavy (non-hydrogen) atoms. The minimum atomic E-state index is -0.133. The minimum Gasteiger partial charge on any atom is -0.258 e. The van der Waals surface area contributed by atoms with Crippen molar-refractivity contribution in [3.8, 4) is 0 Å². The average Bonchev–Trinajstić information content (AvgIpc) is 2.83. The highest BCUT2D eigenvalue weighted by Crippen LogP contribution is 2.20. The maximum atomic E-state index is 6.14. The zero-order valence-corrected chi connectivity index (χ0v) is 12.8. The Hall–Kier alpha value is -2.08. The average molecular weight is 303 g/mol. The van der Waals surface area contributed by atoms with Gasteiger partial charge in [0.15, 0.2) is 11.2 Å². The fourth-order valence-electron chi connectivity index (χ4n) is 1.92. The third kappa shape index (κ3) is 2.71. The van der Waals surface area contributed by atoms with E-state index in [2.05, 4.69) is 46.0 Å². The summed E-state index contributed by atoms with van der Waals surface area (Å²) in [6.45, 7) is 6.63. The molecule has 3 aromatic heterocycles. The van der Waals surface area contributed by atoms with Gasteiger partial charge in [0.25, 0.3) is 0 Å². The lowest BCUT2D eigenvalue weighted by Crippen LogP contribution is -2.16. The molecule has 3 aromatic rings. The van der Waals surface area contributed by atoms with Crippen LogP contribution in [0, 0.1) is 0 Å². The summed E-state index contributed by atoms with van der Waals surface area (Å²) in [6, 6.07) is 3.60. The van der Waals surface area contributed by atoms with Crippen molar-refractivity contribution in [2.24, 2.45) is 0 Å². The molecule has 108 valence electrons. The Morgan fingerprint density at radius 2 is 2.05 bits per heavy atom. The highest BCUT2D eigenvalue weighted by Gasteiger charge is 2.19. The standard InChI is InChI=1S/C14H15ClN6/c1-14(2,3)13-17-7-10-12(18-13)21(20-19-10)8-11-9(15)5-4-6-16-11/h4-7H,8H2,1-3H3. The van der Waals surface area contributed by atoms with Gasteiger partial charge in [-0.2, -0.15) is 0 Å². The number of fused-ring (bicyclic) bond motifs is 1. The largest absolute Gasteiger partial charge is 0.258 e. The molecule has 0 aliphatic carbocycles. The zero-order chi connectivity index (χ0) is 15.0. The van der Waals surface area contributed by atoms with Crippen LogP contribution in [0.4, 0.5) is 0 Å². The van der Waals surface area contributed by atoms with E-state index < -0.39 is 0 Å². The molecule has 7 heteroatoms. The molecular formula is C14H15ClN6. The first-order valence-corrected chi connectivity index (χ1v) is 6.99. The molecule has 0 fully saturated rings. The Balaban J connectivity index is 2.05. The van der Waals surface area contributed by atoms with Crippen LogP contribution in [0.1, 0.15) is 32.3 Å².